The van der Waals surface area contributed by atoms with Gasteiger partial charge in [-0.2, -0.15) is 0 Å². The van der Waals surface area contributed by atoms with Crippen LogP contribution in [0.15, 0.2) is 12.4 Å². The van der Waals surface area contributed by atoms with Gasteiger partial charge in [0.25, 0.3) is 0 Å². The quantitative estimate of drug-likeness (QED) is 0.831. The molecule has 0 bridgehead atoms. The average molecular weight is 223 g/mol. The number of hydrogen-bond donors (Lipinski definition) is 1. The Labute approximate surface area is 95.0 Å². The first kappa shape index (κ1) is 11.1. The van der Waals surface area contributed by atoms with Crippen LogP contribution in [-0.4, -0.2) is 29.2 Å². The second kappa shape index (κ2) is 5.12. The fraction of sp³-hybridized carbons (Fsp3) is 0.636. The molecule has 2 rings (SSSR count). The summed E-state index contributed by atoms with van der Waals surface area (Å²) < 4.78 is 10.8. The van der Waals surface area contributed by atoms with E-state index in [1.54, 1.807) is 13.2 Å². The van der Waals surface area contributed by atoms with Crippen molar-refractivity contribution < 1.29 is 9.47 Å². The molecule has 2 atom stereocenters. The highest BCUT2D eigenvalue weighted by Crippen LogP contribution is 2.22. The maximum absolute atomic E-state index is 5.90. The lowest BCUT2D eigenvalue weighted by Gasteiger charge is -2.26. The van der Waals surface area contributed by atoms with Crippen molar-refractivity contribution in [2.24, 2.45) is 5.73 Å². The Bertz CT molecular complexity index is 346. The molecule has 0 spiro atoms. The minimum Gasteiger partial charge on any atom is -0.481 e. The lowest BCUT2D eigenvalue weighted by atomic mass is 9.94. The van der Waals surface area contributed by atoms with Gasteiger partial charge in [-0.1, -0.05) is 0 Å². The van der Waals surface area contributed by atoms with Gasteiger partial charge in [-0.3, -0.25) is 0 Å². The first-order valence-corrected chi connectivity index (χ1v) is 5.56. The van der Waals surface area contributed by atoms with Crippen LogP contribution in [0.1, 0.15) is 25.7 Å². The van der Waals surface area contributed by atoms with Crippen LogP contribution < -0.4 is 15.2 Å². The second-order valence-electron chi connectivity index (χ2n) is 4.07. The fourth-order valence-electron chi connectivity index (χ4n) is 1.96. The highest BCUT2D eigenvalue weighted by Gasteiger charge is 2.21. The van der Waals surface area contributed by atoms with Crippen LogP contribution >= 0.6 is 0 Å². The number of rotatable bonds is 3. The van der Waals surface area contributed by atoms with Gasteiger partial charge in [0, 0.05) is 6.04 Å². The molecule has 0 radical (unpaired) electrons. The number of hydrogen-bond acceptors (Lipinski definition) is 5. The molecule has 16 heavy (non-hydrogen) atoms. The monoisotopic (exact) mass is 223 g/mol. The Morgan fingerprint density at radius 3 is 2.88 bits per heavy atom. The number of ether oxygens (including phenoxy) is 2. The van der Waals surface area contributed by atoms with Gasteiger partial charge in [0.05, 0.1) is 13.2 Å². The predicted octanol–water partition coefficient (Wildman–Crippen LogP) is 1.13. The summed E-state index contributed by atoms with van der Waals surface area (Å²) in [5.41, 5.74) is 5.90. The van der Waals surface area contributed by atoms with E-state index >= 15 is 0 Å². The fourth-order valence-corrected chi connectivity index (χ4v) is 1.96. The molecule has 1 aromatic heterocycles. The maximum Gasteiger partial charge on any atom is 0.220 e. The highest BCUT2D eigenvalue weighted by molar-refractivity contribution is 5.18. The van der Waals surface area contributed by atoms with Gasteiger partial charge in [-0.25, -0.2) is 9.97 Å². The normalized spacial score (nSPS) is 25.1. The van der Waals surface area contributed by atoms with Gasteiger partial charge >= 0.3 is 0 Å². The van der Waals surface area contributed by atoms with Crippen LogP contribution in [0.2, 0.25) is 0 Å². The Morgan fingerprint density at radius 2 is 2.12 bits per heavy atom. The minimum absolute atomic E-state index is 0.170. The molecular weight excluding hydrogens is 206 g/mol. The van der Waals surface area contributed by atoms with Crippen molar-refractivity contribution in [3.8, 4) is 11.8 Å². The molecule has 5 heteroatoms. The van der Waals surface area contributed by atoms with Gasteiger partial charge in [0.1, 0.15) is 12.4 Å². The minimum atomic E-state index is 0.170. The van der Waals surface area contributed by atoms with E-state index in [-0.39, 0.29) is 12.1 Å². The third-order valence-corrected chi connectivity index (χ3v) is 2.78. The molecule has 88 valence electrons. The van der Waals surface area contributed by atoms with Crippen molar-refractivity contribution in [3.05, 3.63) is 12.4 Å². The molecule has 0 amide bonds. The summed E-state index contributed by atoms with van der Waals surface area (Å²) in [6.45, 7) is 0. The van der Waals surface area contributed by atoms with Gasteiger partial charge in [0.2, 0.25) is 11.8 Å². The molecule has 1 aromatic rings. The van der Waals surface area contributed by atoms with E-state index in [0.29, 0.717) is 11.8 Å². The van der Waals surface area contributed by atoms with E-state index < -0.39 is 0 Å². The number of nitrogens with zero attached hydrogens (tertiary/aromatic N) is 2. The Kier molecular flexibility index (Phi) is 3.56. The Balaban J connectivity index is 1.97. The van der Waals surface area contributed by atoms with Gasteiger partial charge < -0.3 is 15.2 Å². The molecule has 2 N–H and O–H groups in total. The van der Waals surface area contributed by atoms with Crippen LogP contribution in [0.3, 0.4) is 0 Å². The molecule has 1 fully saturated rings. The first-order chi connectivity index (χ1) is 7.78. The van der Waals surface area contributed by atoms with Crippen LogP contribution in [-0.2, 0) is 0 Å². The largest absolute Gasteiger partial charge is 0.481 e. The molecule has 1 aliphatic rings. The number of aromatic nitrogens is 2. The molecule has 0 saturated heterocycles. The summed E-state index contributed by atoms with van der Waals surface area (Å²) >= 11 is 0. The summed E-state index contributed by atoms with van der Waals surface area (Å²) in [5, 5.41) is 0. The van der Waals surface area contributed by atoms with E-state index in [1.807, 2.05) is 0 Å². The summed E-state index contributed by atoms with van der Waals surface area (Å²) in [7, 11) is 1.57. The van der Waals surface area contributed by atoms with E-state index in [2.05, 4.69) is 9.97 Å². The zero-order valence-corrected chi connectivity index (χ0v) is 9.43. The van der Waals surface area contributed by atoms with Crippen LogP contribution in [0.25, 0.3) is 0 Å². The maximum atomic E-state index is 5.90. The molecular formula is C11H17N3O2. The van der Waals surface area contributed by atoms with Crippen LogP contribution in [0, 0.1) is 0 Å². The molecule has 5 nitrogen and oxygen atoms in total. The first-order valence-electron chi connectivity index (χ1n) is 5.56. The molecule has 2 unspecified atom stereocenters. The molecule has 0 aliphatic heterocycles. The lowest BCUT2D eigenvalue weighted by Crippen LogP contribution is -2.33. The summed E-state index contributed by atoms with van der Waals surface area (Å²) in [5.74, 6) is 1.08. The zero-order chi connectivity index (χ0) is 11.4. The van der Waals surface area contributed by atoms with Gasteiger partial charge in [-0.15, -0.1) is 0 Å². The smallest absolute Gasteiger partial charge is 0.220 e. The topological polar surface area (TPSA) is 70.3 Å². The van der Waals surface area contributed by atoms with Crippen molar-refractivity contribution in [1.82, 2.24) is 9.97 Å². The van der Waals surface area contributed by atoms with Crippen molar-refractivity contribution in [1.29, 1.82) is 0 Å². The third-order valence-electron chi connectivity index (χ3n) is 2.78. The molecule has 0 aromatic carbocycles. The van der Waals surface area contributed by atoms with E-state index in [4.69, 9.17) is 15.2 Å². The Morgan fingerprint density at radius 1 is 1.31 bits per heavy atom. The van der Waals surface area contributed by atoms with Gasteiger partial charge in [0.15, 0.2) is 0 Å². The molecule has 1 saturated carbocycles. The molecule has 1 aliphatic carbocycles. The second-order valence-corrected chi connectivity index (χ2v) is 4.07. The summed E-state index contributed by atoms with van der Waals surface area (Å²) in [4.78, 5) is 7.98. The molecule has 1 heterocycles. The Hall–Kier alpha value is -1.36. The average Bonchev–Trinajstić information content (AvgIpc) is 2.29. The highest BCUT2D eigenvalue weighted by atomic mass is 16.5. The number of methoxy groups -OCH3 is 1. The van der Waals surface area contributed by atoms with Crippen molar-refractivity contribution in [2.45, 2.75) is 37.8 Å². The zero-order valence-electron chi connectivity index (χ0n) is 9.43. The van der Waals surface area contributed by atoms with Crippen LogP contribution in [0.4, 0.5) is 0 Å². The SMILES string of the molecule is COc1cc(OC2CCCC(N)C2)ncn1. The van der Waals surface area contributed by atoms with E-state index in [0.717, 1.165) is 25.7 Å². The van der Waals surface area contributed by atoms with Gasteiger partial charge in [-0.05, 0) is 25.7 Å². The predicted molar refractivity (Wildman–Crippen MR) is 59.4 cm³/mol. The lowest BCUT2D eigenvalue weighted by molar-refractivity contribution is 0.138. The van der Waals surface area contributed by atoms with Crippen LogP contribution in [0.5, 0.6) is 11.8 Å². The van der Waals surface area contributed by atoms with Crippen molar-refractivity contribution in [2.75, 3.05) is 7.11 Å². The van der Waals surface area contributed by atoms with Crippen molar-refractivity contribution in [3.63, 3.8) is 0 Å². The van der Waals surface area contributed by atoms with E-state index in [1.165, 1.54) is 6.33 Å². The van der Waals surface area contributed by atoms with E-state index in [9.17, 15) is 0 Å². The standard InChI is InChI=1S/C11H17N3O2/c1-15-10-6-11(14-7-13-10)16-9-4-2-3-8(12)5-9/h6-9H,2-5,12H2,1H3. The van der Waals surface area contributed by atoms with Crippen molar-refractivity contribution >= 4 is 0 Å². The summed E-state index contributed by atoms with van der Waals surface area (Å²) in [6.07, 6.45) is 5.76. The third kappa shape index (κ3) is 2.82. The number of nitrogens with two attached hydrogens (primary N) is 1. The summed E-state index contributed by atoms with van der Waals surface area (Å²) in [6, 6.07) is 1.95.